The van der Waals surface area contributed by atoms with Crippen LogP contribution in [0.1, 0.15) is 5.56 Å². The molecule has 0 aliphatic carbocycles. The van der Waals surface area contributed by atoms with Crippen LogP contribution in [-0.2, 0) is 13.1 Å². The Balaban J connectivity index is 2.25. The Labute approximate surface area is 124 Å². The summed E-state index contributed by atoms with van der Waals surface area (Å²) in [6.07, 6.45) is 1.88. The average Bonchev–Trinajstić information content (AvgIpc) is 2.66. The minimum Gasteiger partial charge on any atom is -0.346 e. The van der Waals surface area contributed by atoms with Gasteiger partial charge in [-0.15, -0.1) is 0 Å². The van der Waals surface area contributed by atoms with Crippen LogP contribution in [-0.4, -0.2) is 22.9 Å². The predicted molar refractivity (Wildman–Crippen MR) is 78.2 cm³/mol. The Kier molecular flexibility index (Phi) is 4.88. The molecule has 0 radical (unpaired) electrons. The van der Waals surface area contributed by atoms with Crippen molar-refractivity contribution in [2.75, 3.05) is 12.8 Å². The van der Waals surface area contributed by atoms with E-state index in [1.54, 1.807) is 12.1 Å². The van der Waals surface area contributed by atoms with E-state index in [4.69, 9.17) is 11.6 Å². The second-order valence-corrected chi connectivity index (χ2v) is 5.93. The number of rotatable bonds is 5. The van der Waals surface area contributed by atoms with Crippen LogP contribution < -0.4 is 5.32 Å². The highest BCUT2D eigenvalue weighted by Gasteiger charge is 2.27. The van der Waals surface area contributed by atoms with Gasteiger partial charge in [0.15, 0.2) is 0 Å². The number of nitrogens with zero attached hydrogens (tertiary/aromatic N) is 1. The van der Waals surface area contributed by atoms with Crippen LogP contribution in [0.5, 0.6) is 0 Å². The van der Waals surface area contributed by atoms with E-state index in [9.17, 15) is 13.2 Å². The van der Waals surface area contributed by atoms with Gasteiger partial charge in [0.2, 0.25) is 0 Å². The van der Waals surface area contributed by atoms with Crippen LogP contribution in [0, 0.1) is 0 Å². The van der Waals surface area contributed by atoms with Crippen LogP contribution in [0.2, 0.25) is 5.02 Å². The van der Waals surface area contributed by atoms with Crippen LogP contribution in [0.15, 0.2) is 24.4 Å². The van der Waals surface area contributed by atoms with Gasteiger partial charge in [-0.1, -0.05) is 17.7 Å². The third kappa shape index (κ3) is 3.84. The first-order valence-corrected chi connectivity index (χ1v) is 7.39. The minimum atomic E-state index is -4.19. The molecular weight excluding hydrogens is 309 g/mol. The SMILES string of the molecule is CNCc1cn(CCSC(F)(F)F)c2cc(Cl)ccc12. The molecule has 7 heteroatoms. The van der Waals surface area contributed by atoms with E-state index in [0.29, 0.717) is 18.1 Å². The molecule has 0 spiro atoms. The molecule has 2 aromatic rings. The van der Waals surface area contributed by atoms with Crippen molar-refractivity contribution >= 4 is 34.3 Å². The number of aryl methyl sites for hydroxylation is 1. The third-order valence-corrected chi connectivity index (χ3v) is 3.84. The molecule has 0 saturated carbocycles. The number of aromatic nitrogens is 1. The zero-order chi connectivity index (χ0) is 14.8. The molecular formula is C13H14ClF3N2S. The normalized spacial score (nSPS) is 12.2. The van der Waals surface area contributed by atoms with Crippen LogP contribution in [0.3, 0.4) is 0 Å². The van der Waals surface area contributed by atoms with E-state index in [1.165, 1.54) is 0 Å². The van der Waals surface area contributed by atoms with Gasteiger partial charge in [0, 0.05) is 41.0 Å². The summed E-state index contributed by atoms with van der Waals surface area (Å²) in [4.78, 5) is 0. The standard InChI is InChI=1S/C13H14ClF3N2S/c1-18-7-9-8-19(4-5-20-13(15,16)17)12-6-10(14)2-3-11(9)12/h2-3,6,8,18H,4-5,7H2,1H3. The zero-order valence-corrected chi connectivity index (χ0v) is 12.4. The summed E-state index contributed by atoms with van der Waals surface area (Å²) in [7, 11) is 1.83. The third-order valence-electron chi connectivity index (χ3n) is 2.89. The summed E-state index contributed by atoms with van der Waals surface area (Å²) in [5, 5.41) is 4.65. The topological polar surface area (TPSA) is 17.0 Å². The number of thioether (sulfide) groups is 1. The number of halogens is 4. The van der Waals surface area contributed by atoms with E-state index < -0.39 is 5.51 Å². The van der Waals surface area contributed by atoms with Crippen molar-refractivity contribution in [1.82, 2.24) is 9.88 Å². The average molecular weight is 323 g/mol. The maximum atomic E-state index is 12.2. The second kappa shape index (κ2) is 6.28. The lowest BCUT2D eigenvalue weighted by molar-refractivity contribution is -0.0328. The van der Waals surface area contributed by atoms with E-state index >= 15 is 0 Å². The molecule has 0 amide bonds. The van der Waals surface area contributed by atoms with Gasteiger partial charge in [0.25, 0.3) is 0 Å². The molecule has 1 N–H and O–H groups in total. The van der Waals surface area contributed by atoms with E-state index in [-0.39, 0.29) is 17.5 Å². The van der Waals surface area contributed by atoms with Gasteiger partial charge >= 0.3 is 5.51 Å². The summed E-state index contributed by atoms with van der Waals surface area (Å²) in [6, 6.07) is 5.48. The lowest BCUT2D eigenvalue weighted by Crippen LogP contribution is -2.07. The molecule has 0 fully saturated rings. The van der Waals surface area contributed by atoms with Gasteiger partial charge in [-0.05, 0) is 36.5 Å². The summed E-state index contributed by atoms with van der Waals surface area (Å²) in [5.41, 5.74) is -2.27. The number of benzene rings is 1. The van der Waals surface area contributed by atoms with Gasteiger partial charge in [-0.2, -0.15) is 13.2 Å². The summed E-state index contributed by atoms with van der Waals surface area (Å²) >= 11 is 5.96. The van der Waals surface area contributed by atoms with Gasteiger partial charge in [-0.3, -0.25) is 0 Å². The van der Waals surface area contributed by atoms with Crippen molar-refractivity contribution in [2.24, 2.45) is 0 Å². The van der Waals surface area contributed by atoms with E-state index in [1.807, 2.05) is 23.9 Å². The number of hydrogen-bond donors (Lipinski definition) is 1. The van der Waals surface area contributed by atoms with Crippen molar-refractivity contribution in [3.05, 3.63) is 35.0 Å². The van der Waals surface area contributed by atoms with Gasteiger partial charge < -0.3 is 9.88 Å². The lowest BCUT2D eigenvalue weighted by Gasteiger charge is -2.07. The van der Waals surface area contributed by atoms with Crippen LogP contribution in [0.25, 0.3) is 10.9 Å². The second-order valence-electron chi connectivity index (χ2n) is 4.33. The highest BCUT2D eigenvalue weighted by molar-refractivity contribution is 8.00. The van der Waals surface area contributed by atoms with E-state index in [2.05, 4.69) is 5.32 Å². The van der Waals surface area contributed by atoms with Crippen molar-refractivity contribution in [2.45, 2.75) is 18.6 Å². The maximum absolute atomic E-state index is 12.2. The molecule has 20 heavy (non-hydrogen) atoms. The Morgan fingerprint density at radius 2 is 2.10 bits per heavy atom. The molecule has 0 aliphatic rings. The quantitative estimate of drug-likeness (QED) is 0.885. The number of nitrogens with one attached hydrogen (secondary N) is 1. The van der Waals surface area contributed by atoms with Gasteiger partial charge in [0.1, 0.15) is 0 Å². The van der Waals surface area contributed by atoms with Crippen molar-refractivity contribution in [1.29, 1.82) is 0 Å². The first-order valence-electron chi connectivity index (χ1n) is 6.03. The smallest absolute Gasteiger partial charge is 0.346 e. The molecule has 1 aromatic carbocycles. The fraction of sp³-hybridized carbons (Fsp3) is 0.385. The van der Waals surface area contributed by atoms with Crippen LogP contribution in [0.4, 0.5) is 13.2 Å². The number of alkyl halides is 3. The molecule has 2 nitrogen and oxygen atoms in total. The van der Waals surface area contributed by atoms with E-state index in [0.717, 1.165) is 16.5 Å². The molecule has 0 unspecified atom stereocenters. The molecule has 0 atom stereocenters. The predicted octanol–water partition coefficient (Wildman–Crippen LogP) is 4.27. The first kappa shape index (κ1) is 15.5. The number of fused-ring (bicyclic) bond motifs is 1. The van der Waals surface area contributed by atoms with Crippen LogP contribution >= 0.6 is 23.4 Å². The highest BCUT2D eigenvalue weighted by atomic mass is 35.5. The largest absolute Gasteiger partial charge is 0.441 e. The molecule has 1 heterocycles. The Morgan fingerprint density at radius 1 is 1.35 bits per heavy atom. The van der Waals surface area contributed by atoms with Gasteiger partial charge in [-0.25, -0.2) is 0 Å². The highest BCUT2D eigenvalue weighted by Crippen LogP contribution is 2.31. The molecule has 0 aliphatic heterocycles. The lowest BCUT2D eigenvalue weighted by atomic mass is 10.2. The zero-order valence-electron chi connectivity index (χ0n) is 10.8. The first-order chi connectivity index (χ1) is 9.40. The summed E-state index contributed by atoms with van der Waals surface area (Å²) < 4.78 is 38.4. The summed E-state index contributed by atoms with van der Waals surface area (Å²) in [6.45, 7) is 0.961. The monoisotopic (exact) mass is 322 g/mol. The van der Waals surface area contributed by atoms with Crippen molar-refractivity contribution < 1.29 is 13.2 Å². The number of hydrogen-bond acceptors (Lipinski definition) is 2. The molecule has 110 valence electrons. The fourth-order valence-corrected chi connectivity index (χ4v) is 2.80. The minimum absolute atomic E-state index is 0.00567. The van der Waals surface area contributed by atoms with Crippen molar-refractivity contribution in [3.63, 3.8) is 0 Å². The van der Waals surface area contributed by atoms with Gasteiger partial charge in [0.05, 0.1) is 0 Å². The Bertz CT molecular complexity index is 595. The van der Waals surface area contributed by atoms with Crippen molar-refractivity contribution in [3.8, 4) is 0 Å². The Hall–Kier alpha value is -0.850. The molecule has 0 saturated heterocycles. The summed E-state index contributed by atoms with van der Waals surface area (Å²) in [5.74, 6) is -0.0151. The fourth-order valence-electron chi connectivity index (χ4n) is 2.12. The molecule has 0 bridgehead atoms. The molecule has 2 rings (SSSR count). The Morgan fingerprint density at radius 3 is 2.75 bits per heavy atom. The molecule has 1 aromatic heterocycles. The maximum Gasteiger partial charge on any atom is 0.441 e.